The van der Waals surface area contributed by atoms with Crippen molar-refractivity contribution in [2.24, 2.45) is 0 Å². The molecular weight excluding hydrogens is 509 g/mol. The van der Waals surface area contributed by atoms with Gasteiger partial charge in [0.25, 0.3) is 0 Å². The molecule has 3 saturated heterocycles. The molecule has 3 aliphatic rings. The smallest absolute Gasteiger partial charge is 0.0410 e. The van der Waals surface area contributed by atoms with Gasteiger partial charge in [0.15, 0.2) is 0 Å². The van der Waals surface area contributed by atoms with Crippen molar-refractivity contribution < 1.29 is 0 Å². The highest BCUT2D eigenvalue weighted by Crippen LogP contribution is 2.67. The summed E-state index contributed by atoms with van der Waals surface area (Å²) in [5, 5.41) is 0. The van der Waals surface area contributed by atoms with E-state index in [1.54, 1.807) is 0 Å². The van der Waals surface area contributed by atoms with E-state index >= 15 is 0 Å². The molecule has 0 saturated carbocycles. The molecule has 3 rings (SSSR count). The van der Waals surface area contributed by atoms with E-state index in [1.807, 2.05) is 5.67 Å². The maximum Gasteiger partial charge on any atom is 0.0410 e. The first-order valence-electron chi connectivity index (χ1n) is 12.2. The SMILES string of the molecule is C[Si](C)(C)C[Si]12[Si](C)(C)[Si](C)(C)[Si]([Si](C)(C)C)([Si](C)(C)[Si]1(C)C)[Si](C)(C)[Si]2(C)C. The Balaban J connectivity index is 3.29. The highest BCUT2D eigenvalue weighted by Gasteiger charge is 2.94. The van der Waals surface area contributed by atoms with Gasteiger partial charge in [-0.25, -0.2) is 0 Å². The predicted octanol–water partition coefficient (Wildman–Crippen LogP) is 7.16. The molecule has 0 aromatic heterocycles. The van der Waals surface area contributed by atoms with Gasteiger partial charge in [0, 0.05) is 71.1 Å². The van der Waals surface area contributed by atoms with Crippen molar-refractivity contribution in [3.8, 4) is 0 Å². The summed E-state index contributed by atoms with van der Waals surface area (Å²) < 4.78 is 0. The minimum atomic E-state index is -1.22. The van der Waals surface area contributed by atoms with E-state index in [2.05, 4.69) is 118 Å². The van der Waals surface area contributed by atoms with Crippen LogP contribution in [0.3, 0.4) is 0 Å². The molecule has 172 valence electrons. The number of fused-ring (bicyclic) bond motifs is 3. The molecule has 29 heavy (non-hydrogen) atoms. The Morgan fingerprint density at radius 1 is 0.414 bits per heavy atom. The second-order valence-electron chi connectivity index (χ2n) is 16.4. The maximum absolute atomic E-state index is 3.10. The topological polar surface area (TPSA) is 0 Å². The van der Waals surface area contributed by atoms with Crippen LogP contribution in [-0.2, 0) is 0 Å². The average Bonchev–Trinajstić information content (AvgIpc) is 2.37. The second-order valence-corrected chi connectivity index (χ2v) is 139. The first-order valence-corrected chi connectivity index (χ1v) is 51.6. The van der Waals surface area contributed by atoms with E-state index < -0.39 is 71.1 Å². The van der Waals surface area contributed by atoms with E-state index in [4.69, 9.17) is 0 Å². The van der Waals surface area contributed by atoms with Crippen LogP contribution in [0.4, 0.5) is 0 Å². The Hall–Kier alpha value is 2.17. The van der Waals surface area contributed by atoms with Gasteiger partial charge >= 0.3 is 0 Å². The van der Waals surface area contributed by atoms with Crippen LogP contribution in [0.5, 0.6) is 0 Å². The summed E-state index contributed by atoms with van der Waals surface area (Å²) in [4.78, 5) is 0. The Bertz CT molecular complexity index is 631. The van der Waals surface area contributed by atoms with E-state index in [1.165, 1.54) is 0 Å². The van der Waals surface area contributed by atoms with Gasteiger partial charge in [0.2, 0.25) is 0 Å². The molecule has 0 spiro atoms. The van der Waals surface area contributed by atoms with Gasteiger partial charge in [-0.2, -0.15) is 0 Å². The third-order valence-electron chi connectivity index (χ3n) is 12.6. The summed E-state index contributed by atoms with van der Waals surface area (Å²) in [5.74, 6) is 0. The van der Waals surface area contributed by atoms with E-state index in [0.717, 1.165) is 0 Å². The standard InChI is InChI=1S/C19H56Si10/c1-20(2,3)19-28-22(7,8)25(13,14)29(21(4,5)6,26(15,16)23(28,9)10)27(17,18)24(28,11)12/h19H2,1-18H3. The van der Waals surface area contributed by atoms with Gasteiger partial charge < -0.3 is 0 Å². The highest BCUT2D eigenvalue weighted by atomic mass is 30.6. The van der Waals surface area contributed by atoms with E-state index in [9.17, 15) is 0 Å². The summed E-state index contributed by atoms with van der Waals surface area (Å²) in [5.41, 5.74) is 1.87. The number of hydrogen-bond acceptors (Lipinski definition) is 0. The lowest BCUT2D eigenvalue weighted by atomic mass is 11.7. The van der Waals surface area contributed by atoms with Crippen LogP contribution in [0, 0.1) is 0 Å². The predicted molar refractivity (Wildman–Crippen MR) is 168 cm³/mol. The zero-order valence-corrected chi connectivity index (χ0v) is 33.7. The van der Waals surface area contributed by atoms with Gasteiger partial charge in [0.05, 0.1) is 0 Å². The Kier molecular flexibility index (Phi) is 6.08. The van der Waals surface area contributed by atoms with Crippen molar-refractivity contribution in [2.75, 3.05) is 0 Å². The second kappa shape index (κ2) is 6.43. The van der Waals surface area contributed by atoms with Gasteiger partial charge in [-0.05, 0) is 0 Å². The molecule has 0 aliphatic carbocycles. The molecule has 0 radical (unpaired) electrons. The summed E-state index contributed by atoms with van der Waals surface area (Å²) in [7, 11) is -9.37. The fourth-order valence-corrected chi connectivity index (χ4v) is 692. The number of hydrogen-bond donors (Lipinski definition) is 0. The van der Waals surface area contributed by atoms with Crippen molar-refractivity contribution in [3.63, 3.8) is 0 Å². The molecule has 0 aromatic rings. The average molecular weight is 566 g/mol. The van der Waals surface area contributed by atoms with Crippen molar-refractivity contribution >= 4 is 71.1 Å². The zero-order chi connectivity index (χ0) is 23.7. The fraction of sp³-hybridized carbons (Fsp3) is 1.00. The largest absolute Gasteiger partial charge is 0.0739 e. The van der Waals surface area contributed by atoms with Gasteiger partial charge in [-0.15, -0.1) is 0 Å². The van der Waals surface area contributed by atoms with Crippen LogP contribution in [0.15, 0.2) is 0 Å². The Morgan fingerprint density at radius 2 is 0.655 bits per heavy atom. The highest BCUT2D eigenvalue weighted by molar-refractivity contribution is 8.42. The fourth-order valence-electron chi connectivity index (χ4n) is 12.0. The zero-order valence-electron chi connectivity index (χ0n) is 23.7. The minimum absolute atomic E-state index is 1.08. The minimum Gasteiger partial charge on any atom is -0.0739 e. The van der Waals surface area contributed by atoms with Crippen LogP contribution in [-0.4, -0.2) is 71.1 Å². The summed E-state index contributed by atoms with van der Waals surface area (Å²) in [6.07, 6.45) is -1.21. The summed E-state index contributed by atoms with van der Waals surface area (Å²) in [6, 6.07) is 0. The molecular formula is C19H56Si10. The summed E-state index contributed by atoms with van der Waals surface area (Å²) >= 11 is 0. The van der Waals surface area contributed by atoms with E-state index in [-0.39, 0.29) is 0 Å². The van der Waals surface area contributed by atoms with Crippen LogP contribution in [0.2, 0.25) is 124 Å². The molecule has 3 fully saturated rings. The van der Waals surface area contributed by atoms with Crippen molar-refractivity contribution in [2.45, 2.75) is 124 Å². The molecule has 3 aliphatic heterocycles. The van der Waals surface area contributed by atoms with Gasteiger partial charge in [0.1, 0.15) is 0 Å². The van der Waals surface area contributed by atoms with Crippen molar-refractivity contribution in [1.29, 1.82) is 0 Å². The van der Waals surface area contributed by atoms with Crippen LogP contribution < -0.4 is 0 Å². The van der Waals surface area contributed by atoms with Crippen molar-refractivity contribution in [3.05, 3.63) is 0 Å². The number of rotatable bonds is 3. The third-order valence-corrected chi connectivity index (χ3v) is 319. The molecule has 3 heterocycles. The molecule has 0 unspecified atom stereocenters. The lowest BCUT2D eigenvalue weighted by molar-refractivity contribution is 1.59. The lowest BCUT2D eigenvalue weighted by Crippen LogP contribution is -3.21. The molecule has 2 bridgehead atoms. The monoisotopic (exact) mass is 564 g/mol. The molecule has 0 amide bonds. The Labute approximate surface area is 193 Å². The van der Waals surface area contributed by atoms with Crippen LogP contribution in [0.1, 0.15) is 0 Å². The third kappa shape index (κ3) is 2.48. The van der Waals surface area contributed by atoms with Crippen molar-refractivity contribution in [1.82, 2.24) is 0 Å². The first-order chi connectivity index (χ1) is 12.2. The van der Waals surface area contributed by atoms with Crippen LogP contribution in [0.25, 0.3) is 0 Å². The molecule has 0 nitrogen and oxygen atoms in total. The maximum atomic E-state index is 3.10. The molecule has 0 aromatic carbocycles. The molecule has 0 N–H and O–H groups in total. The quantitative estimate of drug-likeness (QED) is 0.319. The normalized spacial score (nSPS) is 38.7. The van der Waals surface area contributed by atoms with Gasteiger partial charge in [-0.1, -0.05) is 124 Å². The Morgan fingerprint density at radius 3 is 0.828 bits per heavy atom. The lowest BCUT2D eigenvalue weighted by Gasteiger charge is -2.90. The molecule has 10 heteroatoms. The summed E-state index contributed by atoms with van der Waals surface area (Å²) in [6.45, 7) is 53.2. The first kappa shape index (κ1) is 27.4. The van der Waals surface area contributed by atoms with Crippen LogP contribution >= 0.6 is 0 Å². The van der Waals surface area contributed by atoms with E-state index in [0.29, 0.717) is 0 Å². The van der Waals surface area contributed by atoms with Gasteiger partial charge in [-0.3, -0.25) is 0 Å². The molecule has 0 atom stereocenters.